The van der Waals surface area contributed by atoms with Crippen molar-refractivity contribution in [1.82, 2.24) is 9.97 Å². The Hall–Kier alpha value is -1.94. The number of hydrogen-bond donors (Lipinski definition) is 1. The number of benzene rings is 1. The molecule has 0 aliphatic rings. The molecule has 0 atom stereocenters. The van der Waals surface area contributed by atoms with Crippen LogP contribution in [0.1, 0.15) is 18.3 Å². The van der Waals surface area contributed by atoms with Crippen LogP contribution < -0.4 is 5.32 Å². The average molecular weight is 257 g/mol. The van der Waals surface area contributed by atoms with Gasteiger partial charge in [-0.3, -0.25) is 0 Å². The lowest BCUT2D eigenvalue weighted by Crippen LogP contribution is -2.06. The summed E-state index contributed by atoms with van der Waals surface area (Å²) in [6, 6.07) is 10.1. The Balaban J connectivity index is 2.46. The number of rotatable bonds is 5. The molecule has 0 amide bonds. The van der Waals surface area contributed by atoms with Gasteiger partial charge in [0.25, 0.3) is 0 Å². The molecule has 1 heterocycles. The molecule has 1 N–H and O–H groups in total. The summed E-state index contributed by atoms with van der Waals surface area (Å²) in [4.78, 5) is 9.08. The molecule has 2 aromatic rings. The number of ether oxygens (including phenoxy) is 1. The molecular formula is C15H19N3O. The van der Waals surface area contributed by atoms with Gasteiger partial charge in [0, 0.05) is 24.8 Å². The van der Waals surface area contributed by atoms with Gasteiger partial charge < -0.3 is 10.1 Å². The van der Waals surface area contributed by atoms with Crippen molar-refractivity contribution in [2.24, 2.45) is 0 Å². The fourth-order valence-corrected chi connectivity index (χ4v) is 1.94. The lowest BCUT2D eigenvalue weighted by molar-refractivity contribution is 0.128. The zero-order valence-corrected chi connectivity index (χ0v) is 11.6. The fourth-order valence-electron chi connectivity index (χ4n) is 1.94. The van der Waals surface area contributed by atoms with Crippen LogP contribution in [0.5, 0.6) is 0 Å². The van der Waals surface area contributed by atoms with Crippen molar-refractivity contribution in [3.05, 3.63) is 41.7 Å². The van der Waals surface area contributed by atoms with Crippen LogP contribution in [0.2, 0.25) is 0 Å². The third-order valence-corrected chi connectivity index (χ3v) is 2.91. The van der Waals surface area contributed by atoms with Crippen LogP contribution in [0.15, 0.2) is 30.3 Å². The maximum absolute atomic E-state index is 5.40. The highest BCUT2D eigenvalue weighted by Gasteiger charge is 2.11. The van der Waals surface area contributed by atoms with Crippen molar-refractivity contribution in [2.75, 3.05) is 19.0 Å². The molecule has 1 aromatic heterocycles. The minimum atomic E-state index is 0.436. The van der Waals surface area contributed by atoms with Gasteiger partial charge in [-0.25, -0.2) is 9.97 Å². The van der Waals surface area contributed by atoms with Crippen molar-refractivity contribution in [3.8, 4) is 11.3 Å². The number of nitrogens with zero attached hydrogens (tertiary/aromatic N) is 2. The van der Waals surface area contributed by atoms with Crippen LogP contribution in [0, 0.1) is 6.92 Å². The van der Waals surface area contributed by atoms with Gasteiger partial charge in [-0.05, 0) is 13.8 Å². The summed E-state index contributed by atoms with van der Waals surface area (Å²) in [7, 11) is 1.87. The largest absolute Gasteiger partial charge is 0.374 e. The van der Waals surface area contributed by atoms with Gasteiger partial charge in [-0.1, -0.05) is 30.3 Å². The first-order valence-corrected chi connectivity index (χ1v) is 6.44. The molecule has 0 aliphatic heterocycles. The van der Waals surface area contributed by atoms with E-state index in [0.717, 1.165) is 22.6 Å². The lowest BCUT2D eigenvalue weighted by atomic mass is 10.1. The molecule has 0 saturated carbocycles. The Labute approximate surface area is 113 Å². The van der Waals surface area contributed by atoms with E-state index in [9.17, 15) is 0 Å². The highest BCUT2D eigenvalue weighted by molar-refractivity contribution is 5.67. The van der Waals surface area contributed by atoms with Crippen molar-refractivity contribution in [2.45, 2.75) is 20.5 Å². The van der Waals surface area contributed by atoms with E-state index < -0.39 is 0 Å². The van der Waals surface area contributed by atoms with Gasteiger partial charge in [0.1, 0.15) is 12.4 Å². The van der Waals surface area contributed by atoms with E-state index in [1.54, 1.807) is 0 Å². The van der Waals surface area contributed by atoms with E-state index in [0.29, 0.717) is 19.0 Å². The molecule has 0 saturated heterocycles. The monoisotopic (exact) mass is 257 g/mol. The maximum Gasteiger partial charge on any atom is 0.157 e. The topological polar surface area (TPSA) is 47.0 Å². The van der Waals surface area contributed by atoms with Gasteiger partial charge >= 0.3 is 0 Å². The Morgan fingerprint density at radius 3 is 2.53 bits per heavy atom. The first kappa shape index (κ1) is 13.5. The Kier molecular flexibility index (Phi) is 4.47. The highest BCUT2D eigenvalue weighted by atomic mass is 16.5. The molecule has 19 heavy (non-hydrogen) atoms. The van der Waals surface area contributed by atoms with Crippen LogP contribution in [0.25, 0.3) is 11.3 Å². The van der Waals surface area contributed by atoms with Gasteiger partial charge in [0.15, 0.2) is 5.82 Å². The molecule has 4 nitrogen and oxygen atoms in total. The third-order valence-electron chi connectivity index (χ3n) is 2.91. The highest BCUT2D eigenvalue weighted by Crippen LogP contribution is 2.25. The zero-order chi connectivity index (χ0) is 13.7. The average Bonchev–Trinajstić information content (AvgIpc) is 2.47. The summed E-state index contributed by atoms with van der Waals surface area (Å²) >= 11 is 0. The molecule has 100 valence electrons. The fraction of sp³-hybridized carbons (Fsp3) is 0.333. The van der Waals surface area contributed by atoms with Crippen molar-refractivity contribution in [3.63, 3.8) is 0 Å². The van der Waals surface area contributed by atoms with Crippen molar-refractivity contribution >= 4 is 5.82 Å². The molecular weight excluding hydrogens is 238 g/mol. The van der Waals surface area contributed by atoms with E-state index >= 15 is 0 Å². The van der Waals surface area contributed by atoms with E-state index in [-0.39, 0.29) is 0 Å². The molecule has 0 aliphatic carbocycles. The first-order chi connectivity index (χ1) is 9.26. The van der Waals surface area contributed by atoms with E-state index in [4.69, 9.17) is 4.74 Å². The smallest absolute Gasteiger partial charge is 0.157 e. The molecule has 1 aromatic carbocycles. The molecule has 0 spiro atoms. The summed E-state index contributed by atoms with van der Waals surface area (Å²) in [5.74, 6) is 1.55. The zero-order valence-electron chi connectivity index (χ0n) is 11.6. The maximum atomic E-state index is 5.40. The Morgan fingerprint density at radius 2 is 1.89 bits per heavy atom. The predicted molar refractivity (Wildman–Crippen MR) is 77.1 cm³/mol. The first-order valence-electron chi connectivity index (χ1n) is 6.44. The van der Waals surface area contributed by atoms with E-state index in [1.807, 2.05) is 39.1 Å². The van der Waals surface area contributed by atoms with E-state index in [2.05, 4.69) is 27.4 Å². The summed E-state index contributed by atoms with van der Waals surface area (Å²) in [5, 5.41) is 3.12. The summed E-state index contributed by atoms with van der Waals surface area (Å²) in [6.07, 6.45) is 0. The van der Waals surface area contributed by atoms with Gasteiger partial charge in [0.2, 0.25) is 0 Å². The molecule has 4 heteroatoms. The predicted octanol–water partition coefficient (Wildman–Crippen LogP) is 3.03. The SMILES string of the molecule is CCOCc1nc(NC)c(C)c(-c2ccccc2)n1. The van der Waals surface area contributed by atoms with Crippen LogP contribution in [-0.4, -0.2) is 23.6 Å². The summed E-state index contributed by atoms with van der Waals surface area (Å²) < 4.78 is 5.40. The minimum Gasteiger partial charge on any atom is -0.374 e. The molecule has 0 bridgehead atoms. The van der Waals surface area contributed by atoms with Crippen LogP contribution in [0.3, 0.4) is 0 Å². The summed E-state index contributed by atoms with van der Waals surface area (Å²) in [5.41, 5.74) is 3.10. The lowest BCUT2D eigenvalue weighted by Gasteiger charge is -2.12. The number of hydrogen-bond acceptors (Lipinski definition) is 4. The van der Waals surface area contributed by atoms with Crippen LogP contribution in [0.4, 0.5) is 5.82 Å². The minimum absolute atomic E-state index is 0.436. The van der Waals surface area contributed by atoms with E-state index in [1.165, 1.54) is 0 Å². The second-order valence-electron chi connectivity index (χ2n) is 4.22. The van der Waals surface area contributed by atoms with Crippen molar-refractivity contribution in [1.29, 1.82) is 0 Å². The molecule has 0 fully saturated rings. The molecule has 2 rings (SSSR count). The van der Waals surface area contributed by atoms with Gasteiger partial charge in [0.05, 0.1) is 5.69 Å². The second-order valence-corrected chi connectivity index (χ2v) is 4.22. The molecule has 0 radical (unpaired) electrons. The van der Waals surface area contributed by atoms with Crippen LogP contribution >= 0.6 is 0 Å². The van der Waals surface area contributed by atoms with Crippen LogP contribution in [-0.2, 0) is 11.3 Å². The second kappa shape index (κ2) is 6.29. The number of anilines is 1. The quantitative estimate of drug-likeness (QED) is 0.894. The summed E-state index contributed by atoms with van der Waals surface area (Å²) in [6.45, 7) is 5.09. The Bertz CT molecular complexity index is 541. The Morgan fingerprint density at radius 1 is 1.16 bits per heavy atom. The standard InChI is InChI=1S/C15H19N3O/c1-4-19-10-13-17-14(11(2)15(16-3)18-13)12-8-6-5-7-9-12/h5-9H,4,10H2,1-3H3,(H,16,17,18). The van der Waals surface area contributed by atoms with Gasteiger partial charge in [-0.15, -0.1) is 0 Å². The number of nitrogens with one attached hydrogen (secondary N) is 1. The van der Waals surface area contributed by atoms with Crippen molar-refractivity contribution < 1.29 is 4.74 Å². The van der Waals surface area contributed by atoms with Gasteiger partial charge in [-0.2, -0.15) is 0 Å². The number of aromatic nitrogens is 2. The normalized spacial score (nSPS) is 10.5. The molecule has 0 unspecified atom stereocenters. The third kappa shape index (κ3) is 3.09.